The molecule has 2 aliphatic heterocycles. The lowest BCUT2D eigenvalue weighted by atomic mass is 10.1. The van der Waals surface area contributed by atoms with Crippen molar-refractivity contribution < 1.29 is 37.4 Å². The Bertz CT molecular complexity index is 1570. The number of aromatic nitrogens is 2. The Morgan fingerprint density at radius 3 is 2.58 bits per heavy atom. The summed E-state index contributed by atoms with van der Waals surface area (Å²) in [6, 6.07) is 8.25. The molecule has 1 aromatic heterocycles. The smallest absolute Gasteiger partial charge is 0.459 e. The molecule has 0 bridgehead atoms. The second kappa shape index (κ2) is 13.5. The highest BCUT2D eigenvalue weighted by Gasteiger charge is 2.66. The summed E-state index contributed by atoms with van der Waals surface area (Å²) in [4.78, 5) is 42.7. The number of aromatic amines is 1. The molecule has 2 saturated heterocycles. The van der Waals surface area contributed by atoms with E-state index < -0.39 is 67.6 Å². The zero-order chi connectivity index (χ0) is 32.2. The van der Waals surface area contributed by atoms with Gasteiger partial charge in [-0.15, -0.1) is 0 Å². The number of esters is 1. The third-order valence-electron chi connectivity index (χ3n) is 7.75. The number of rotatable bonds is 13. The minimum absolute atomic E-state index is 0.00596. The number of hydrogen-bond acceptors (Lipinski definition) is 11. The summed E-state index contributed by atoms with van der Waals surface area (Å²) in [5, 5.41) is 6.65. The lowest BCUT2D eigenvalue weighted by Crippen LogP contribution is -2.46. The molecule has 45 heavy (non-hydrogen) atoms. The number of azide groups is 1. The average Bonchev–Trinajstić information content (AvgIpc) is 3.68. The van der Waals surface area contributed by atoms with Gasteiger partial charge in [-0.05, 0) is 49.8 Å². The molecule has 0 amide bonds. The Morgan fingerprint density at radius 2 is 1.93 bits per heavy atom. The first-order valence-corrected chi connectivity index (χ1v) is 16.4. The lowest BCUT2D eigenvalue weighted by Gasteiger charge is -2.33. The average molecular weight is 649 g/mol. The Labute approximate surface area is 258 Å². The predicted octanol–water partition coefficient (Wildman–Crippen LogP) is 3.90. The zero-order valence-electron chi connectivity index (χ0n) is 25.2. The third kappa shape index (κ3) is 7.17. The molecule has 244 valence electrons. The second-order valence-electron chi connectivity index (χ2n) is 11.5. The molecule has 16 nitrogen and oxygen atoms in total. The summed E-state index contributed by atoms with van der Waals surface area (Å²) in [7, 11) is -4.45. The van der Waals surface area contributed by atoms with Crippen LogP contribution in [0.1, 0.15) is 59.1 Å². The monoisotopic (exact) mass is 648 g/mol. The molecule has 3 aliphatic rings. The molecule has 3 fully saturated rings. The molecular formula is C28H37N6O10P. The Balaban J connectivity index is 1.51. The van der Waals surface area contributed by atoms with Gasteiger partial charge in [0.1, 0.15) is 24.0 Å². The van der Waals surface area contributed by atoms with E-state index in [9.17, 15) is 24.5 Å². The molecule has 0 radical (unpaired) electrons. The van der Waals surface area contributed by atoms with Crippen molar-refractivity contribution >= 4 is 13.7 Å². The number of benzene rings is 1. The highest BCUT2D eigenvalue weighted by molar-refractivity contribution is 7.52. The van der Waals surface area contributed by atoms with E-state index in [1.165, 1.54) is 6.20 Å². The minimum Gasteiger partial charge on any atom is -0.465 e. The Morgan fingerprint density at radius 1 is 1.20 bits per heavy atom. The fourth-order valence-electron chi connectivity index (χ4n) is 5.82. The number of para-hydroxylation sites is 1. The first kappa shape index (κ1) is 32.9. The van der Waals surface area contributed by atoms with Crippen molar-refractivity contribution in [2.24, 2.45) is 11.0 Å². The van der Waals surface area contributed by atoms with Crippen LogP contribution < -0.4 is 20.9 Å². The molecular weight excluding hydrogens is 611 g/mol. The Hall–Kier alpha value is -3.49. The largest absolute Gasteiger partial charge is 0.465 e. The van der Waals surface area contributed by atoms with Crippen molar-refractivity contribution in [2.75, 3.05) is 13.2 Å². The predicted molar refractivity (Wildman–Crippen MR) is 158 cm³/mol. The van der Waals surface area contributed by atoms with Gasteiger partial charge in [-0.2, -0.15) is 5.09 Å². The van der Waals surface area contributed by atoms with Crippen molar-refractivity contribution in [3.05, 3.63) is 73.9 Å². The van der Waals surface area contributed by atoms with Gasteiger partial charge in [0.15, 0.2) is 12.0 Å². The van der Waals surface area contributed by atoms with E-state index in [1.54, 1.807) is 37.3 Å². The Kier molecular flexibility index (Phi) is 9.85. The van der Waals surface area contributed by atoms with Crippen LogP contribution in [0, 0.1) is 5.92 Å². The first-order valence-electron chi connectivity index (χ1n) is 14.9. The van der Waals surface area contributed by atoms with Crippen LogP contribution in [0.5, 0.6) is 5.75 Å². The summed E-state index contributed by atoms with van der Waals surface area (Å²) in [5.74, 6) is -1.50. The molecule has 3 heterocycles. The fourth-order valence-corrected chi connectivity index (χ4v) is 7.35. The number of nitrogens with one attached hydrogen (secondary N) is 2. The molecule has 1 aromatic carbocycles. The maximum Gasteiger partial charge on any atom is 0.459 e. The van der Waals surface area contributed by atoms with Crippen LogP contribution in [0.25, 0.3) is 10.4 Å². The van der Waals surface area contributed by atoms with E-state index in [-0.39, 0.29) is 24.7 Å². The lowest BCUT2D eigenvalue weighted by molar-refractivity contribution is -0.237. The van der Waals surface area contributed by atoms with Crippen LogP contribution >= 0.6 is 7.75 Å². The van der Waals surface area contributed by atoms with Crippen LogP contribution in [-0.2, 0) is 32.8 Å². The normalized spacial score (nSPS) is 27.1. The quantitative estimate of drug-likeness (QED) is 0.105. The van der Waals surface area contributed by atoms with Crippen LogP contribution in [0.15, 0.2) is 57.3 Å². The van der Waals surface area contributed by atoms with Gasteiger partial charge >= 0.3 is 19.4 Å². The summed E-state index contributed by atoms with van der Waals surface area (Å²) >= 11 is 0. The summed E-state index contributed by atoms with van der Waals surface area (Å²) in [6.45, 7) is 4.83. The fraction of sp³-hybridized carbons (Fsp3) is 0.607. The minimum atomic E-state index is -4.45. The van der Waals surface area contributed by atoms with Crippen LogP contribution in [0.4, 0.5) is 0 Å². The second-order valence-corrected chi connectivity index (χ2v) is 13.2. The van der Waals surface area contributed by atoms with E-state index >= 15 is 0 Å². The third-order valence-corrected chi connectivity index (χ3v) is 9.30. The van der Waals surface area contributed by atoms with E-state index in [0.29, 0.717) is 12.8 Å². The van der Waals surface area contributed by atoms with Crippen LogP contribution in [0.2, 0.25) is 0 Å². The molecule has 1 unspecified atom stereocenters. The maximum absolute atomic E-state index is 14.5. The van der Waals surface area contributed by atoms with Gasteiger partial charge in [0.2, 0.25) is 5.72 Å². The number of H-pyrrole nitrogens is 1. The molecule has 5 rings (SSSR count). The van der Waals surface area contributed by atoms with Crippen molar-refractivity contribution in [1.29, 1.82) is 0 Å². The SMILES string of the molecule is CCOC(=O)[C@H](CC(C)C)NP(=O)(OC[C@@]1(N=[N+]=[N-])O[C@@H](n2ccc(=O)[nH]c2=O)[C@@H]2OC3(CCCC3)O[C@@H]21)Oc1ccccc1. The van der Waals surface area contributed by atoms with Gasteiger partial charge in [0.05, 0.1) is 13.2 Å². The van der Waals surface area contributed by atoms with E-state index in [4.69, 9.17) is 28.0 Å². The summed E-state index contributed by atoms with van der Waals surface area (Å²) in [5.41, 5.74) is 6.27. The van der Waals surface area contributed by atoms with Gasteiger partial charge in [-0.1, -0.05) is 37.2 Å². The first-order chi connectivity index (χ1) is 21.5. The van der Waals surface area contributed by atoms with Crippen LogP contribution in [0.3, 0.4) is 0 Å². The highest BCUT2D eigenvalue weighted by Crippen LogP contribution is 2.55. The van der Waals surface area contributed by atoms with Gasteiger partial charge in [0, 0.05) is 30.0 Å². The molecule has 1 aliphatic carbocycles. The van der Waals surface area contributed by atoms with Gasteiger partial charge in [-0.3, -0.25) is 23.7 Å². The summed E-state index contributed by atoms with van der Waals surface area (Å²) < 4.78 is 51.5. The molecule has 17 heteroatoms. The van der Waals surface area contributed by atoms with Crippen molar-refractivity contribution in [1.82, 2.24) is 14.6 Å². The molecule has 2 N–H and O–H groups in total. The van der Waals surface area contributed by atoms with Gasteiger partial charge < -0.3 is 23.5 Å². The highest BCUT2D eigenvalue weighted by atomic mass is 31.2. The topological polar surface area (TPSA) is 205 Å². The number of carbonyl (C=O) groups is 1. The standard InChI is InChI=1S/C28H37N6O10P/c1-4-39-25(36)20(16-18(2)3)31-45(38,44-19-10-6-5-7-11-19)40-17-28(32-33-29)23-22(41-27(42-23)13-8-9-14-27)24(43-28)34-15-12-21(35)30-26(34)37/h5-7,10-12,15,18,20,22-24H,4,8-9,13-14,16-17H2,1-3H3,(H,31,38)(H,30,35,37)/t20-,22+,23-,24+,28+,45?/m0/s1. The van der Waals surface area contributed by atoms with Crippen molar-refractivity contribution in [3.63, 3.8) is 0 Å². The van der Waals surface area contributed by atoms with Crippen molar-refractivity contribution in [3.8, 4) is 5.75 Å². The van der Waals surface area contributed by atoms with Crippen LogP contribution in [-0.4, -0.2) is 58.5 Å². The molecule has 6 atom stereocenters. The molecule has 2 aromatic rings. The number of nitrogens with zero attached hydrogens (tertiary/aromatic N) is 4. The van der Waals surface area contributed by atoms with Gasteiger partial charge in [0.25, 0.3) is 5.56 Å². The van der Waals surface area contributed by atoms with E-state index in [0.717, 1.165) is 23.5 Å². The maximum atomic E-state index is 14.5. The van der Waals surface area contributed by atoms with Gasteiger partial charge in [-0.25, -0.2) is 9.36 Å². The number of hydrogen-bond donors (Lipinski definition) is 2. The molecule has 1 saturated carbocycles. The molecule has 1 spiro atoms. The van der Waals surface area contributed by atoms with E-state index in [1.807, 2.05) is 13.8 Å². The van der Waals surface area contributed by atoms with E-state index in [2.05, 4.69) is 20.1 Å². The number of ether oxygens (including phenoxy) is 4. The number of carbonyl (C=O) groups excluding carboxylic acids is 1. The van der Waals surface area contributed by atoms with Crippen molar-refractivity contribution in [2.45, 2.75) is 88.9 Å². The number of fused-ring (bicyclic) bond motifs is 1. The summed E-state index contributed by atoms with van der Waals surface area (Å²) in [6.07, 6.45) is 0.913. The zero-order valence-corrected chi connectivity index (χ0v) is 26.1.